The molecule has 0 aliphatic rings. The Morgan fingerprint density at radius 2 is 1.88 bits per heavy atom. The monoisotopic (exact) mass is 226 g/mol. The van der Waals surface area contributed by atoms with E-state index in [0.29, 0.717) is 12.5 Å². The third-order valence-electron chi connectivity index (χ3n) is 2.07. The van der Waals surface area contributed by atoms with Gasteiger partial charge in [-0.2, -0.15) is 4.98 Å². The first-order valence-corrected chi connectivity index (χ1v) is 5.22. The third-order valence-corrected chi connectivity index (χ3v) is 2.07. The molecule has 0 fully saturated rings. The van der Waals surface area contributed by atoms with E-state index in [-0.39, 0.29) is 11.2 Å². The lowest BCUT2D eigenvalue weighted by atomic mass is 10.1. The first kappa shape index (κ1) is 12.5. The van der Waals surface area contributed by atoms with Gasteiger partial charge in [0.2, 0.25) is 5.95 Å². The normalized spacial score (nSPS) is 11.6. The number of anilines is 1. The summed E-state index contributed by atoms with van der Waals surface area (Å²) in [7, 11) is 1.59. The first-order valence-electron chi connectivity index (χ1n) is 5.22. The molecule has 6 heteroatoms. The average Bonchev–Trinajstić information content (AvgIpc) is 2.12. The first-order chi connectivity index (χ1) is 7.26. The van der Waals surface area contributed by atoms with Crippen LogP contribution in [0.3, 0.4) is 0 Å². The van der Waals surface area contributed by atoms with E-state index in [1.807, 2.05) is 20.8 Å². The molecule has 1 rings (SSSR count). The zero-order valence-electron chi connectivity index (χ0n) is 10.4. The smallest absolute Gasteiger partial charge is 0.351 e. The van der Waals surface area contributed by atoms with Crippen molar-refractivity contribution in [2.24, 2.45) is 7.05 Å². The number of nitrogens with one attached hydrogen (secondary N) is 1. The Hall–Kier alpha value is -1.59. The molecule has 0 radical (unpaired) electrons. The summed E-state index contributed by atoms with van der Waals surface area (Å²) in [5.74, 6) is 0.298. The molecule has 6 nitrogen and oxygen atoms in total. The second-order valence-electron chi connectivity index (χ2n) is 4.68. The van der Waals surface area contributed by atoms with Crippen molar-refractivity contribution < 1.29 is 0 Å². The molecule has 1 heterocycles. The summed E-state index contributed by atoms with van der Waals surface area (Å²) in [4.78, 5) is 27.2. The maximum atomic E-state index is 11.8. The van der Waals surface area contributed by atoms with Gasteiger partial charge in [-0.3, -0.25) is 4.57 Å². The van der Waals surface area contributed by atoms with Crippen LogP contribution in [-0.4, -0.2) is 19.7 Å². The quantitative estimate of drug-likeness (QED) is 0.780. The van der Waals surface area contributed by atoms with Crippen molar-refractivity contribution in [3.05, 3.63) is 21.0 Å². The van der Waals surface area contributed by atoms with Crippen LogP contribution in [0.25, 0.3) is 0 Å². The molecule has 90 valence electrons. The molecule has 0 atom stereocenters. The topological polar surface area (TPSA) is 68.9 Å². The Bertz CT molecular complexity index is 493. The van der Waals surface area contributed by atoms with Gasteiger partial charge in [0, 0.05) is 19.1 Å². The van der Waals surface area contributed by atoms with Crippen LogP contribution in [0.15, 0.2) is 9.59 Å². The molecule has 16 heavy (non-hydrogen) atoms. The average molecular weight is 226 g/mol. The van der Waals surface area contributed by atoms with Crippen LogP contribution >= 0.6 is 0 Å². The zero-order chi connectivity index (χ0) is 12.5. The van der Waals surface area contributed by atoms with Crippen molar-refractivity contribution in [2.45, 2.75) is 39.8 Å². The molecule has 0 saturated carbocycles. The molecule has 0 spiro atoms. The summed E-state index contributed by atoms with van der Waals surface area (Å²) in [6.45, 7) is 7.87. The lowest BCUT2D eigenvalue weighted by molar-refractivity contribution is 0.567. The van der Waals surface area contributed by atoms with Crippen molar-refractivity contribution >= 4 is 5.95 Å². The van der Waals surface area contributed by atoms with Gasteiger partial charge in [-0.05, 0) is 27.7 Å². The lowest BCUT2D eigenvalue weighted by Gasteiger charge is -2.22. The summed E-state index contributed by atoms with van der Waals surface area (Å²) in [6.07, 6.45) is 0. The number of aromatic nitrogens is 3. The fraction of sp³-hybridized carbons (Fsp3) is 0.700. The minimum Gasteiger partial charge on any atom is -0.351 e. The summed E-state index contributed by atoms with van der Waals surface area (Å²) in [5, 5.41) is 3.02. The van der Waals surface area contributed by atoms with Gasteiger partial charge >= 0.3 is 11.4 Å². The molecule has 1 aromatic rings. The zero-order valence-corrected chi connectivity index (χ0v) is 10.4. The Balaban J connectivity index is 3.35. The highest BCUT2D eigenvalue weighted by atomic mass is 16.2. The molecule has 0 aromatic carbocycles. The van der Waals surface area contributed by atoms with E-state index in [1.54, 1.807) is 14.0 Å². The van der Waals surface area contributed by atoms with Crippen LogP contribution in [0.1, 0.15) is 27.7 Å². The molecule has 1 N–H and O–H groups in total. The molecule has 0 saturated heterocycles. The predicted molar refractivity (Wildman–Crippen MR) is 62.8 cm³/mol. The summed E-state index contributed by atoms with van der Waals surface area (Å²) in [6, 6.07) is 0. The molecule has 1 aromatic heterocycles. The third kappa shape index (κ3) is 2.50. The van der Waals surface area contributed by atoms with Crippen LogP contribution in [0.5, 0.6) is 0 Å². The van der Waals surface area contributed by atoms with Gasteiger partial charge in [0.15, 0.2) is 0 Å². The molecular formula is C10H18N4O2. The van der Waals surface area contributed by atoms with Crippen molar-refractivity contribution in [1.29, 1.82) is 0 Å². The van der Waals surface area contributed by atoms with E-state index in [2.05, 4.69) is 10.3 Å². The summed E-state index contributed by atoms with van der Waals surface area (Å²) in [5.41, 5.74) is -1.12. The number of hydrogen-bond acceptors (Lipinski definition) is 4. The largest absolute Gasteiger partial charge is 0.354 e. The highest BCUT2D eigenvalue weighted by Crippen LogP contribution is 2.07. The molecule has 0 unspecified atom stereocenters. The van der Waals surface area contributed by atoms with Gasteiger partial charge < -0.3 is 5.32 Å². The van der Waals surface area contributed by atoms with E-state index >= 15 is 0 Å². The second-order valence-corrected chi connectivity index (χ2v) is 4.68. The van der Waals surface area contributed by atoms with Gasteiger partial charge in [-0.25, -0.2) is 14.2 Å². The van der Waals surface area contributed by atoms with Crippen LogP contribution in [-0.2, 0) is 13.6 Å². The summed E-state index contributed by atoms with van der Waals surface area (Å²) >= 11 is 0. The van der Waals surface area contributed by atoms with Crippen LogP contribution in [0.4, 0.5) is 5.95 Å². The minimum atomic E-state index is -0.516. The Morgan fingerprint density at radius 1 is 1.31 bits per heavy atom. The second kappa shape index (κ2) is 4.11. The Morgan fingerprint density at radius 3 is 2.31 bits per heavy atom. The molecule has 0 aliphatic carbocycles. The fourth-order valence-corrected chi connectivity index (χ4v) is 1.30. The van der Waals surface area contributed by atoms with Crippen molar-refractivity contribution in [1.82, 2.24) is 14.1 Å². The van der Waals surface area contributed by atoms with Crippen molar-refractivity contribution in [3.8, 4) is 0 Å². The maximum absolute atomic E-state index is 11.8. The van der Waals surface area contributed by atoms with Crippen LogP contribution < -0.4 is 16.7 Å². The SMILES string of the molecule is CCn1c(=O)nc(NC(C)(C)C)n(C)c1=O. The van der Waals surface area contributed by atoms with E-state index in [9.17, 15) is 9.59 Å². The number of rotatable bonds is 2. The van der Waals surface area contributed by atoms with E-state index in [4.69, 9.17) is 0 Å². The van der Waals surface area contributed by atoms with E-state index in [0.717, 1.165) is 4.57 Å². The van der Waals surface area contributed by atoms with E-state index in [1.165, 1.54) is 4.57 Å². The lowest BCUT2D eigenvalue weighted by Crippen LogP contribution is -2.43. The molecule has 0 aliphatic heterocycles. The molecular weight excluding hydrogens is 208 g/mol. The molecule has 0 bridgehead atoms. The van der Waals surface area contributed by atoms with Gasteiger partial charge in [0.25, 0.3) is 0 Å². The van der Waals surface area contributed by atoms with Gasteiger partial charge in [0.1, 0.15) is 0 Å². The van der Waals surface area contributed by atoms with Crippen molar-refractivity contribution in [2.75, 3.05) is 5.32 Å². The standard InChI is InChI=1S/C10H18N4O2/c1-6-14-8(15)11-7(12-10(2,3)4)13(5)9(14)16/h6H2,1-5H3,(H,11,12,15). The summed E-state index contributed by atoms with van der Waals surface area (Å²) < 4.78 is 2.43. The van der Waals surface area contributed by atoms with E-state index < -0.39 is 5.69 Å². The Labute approximate surface area is 93.9 Å². The van der Waals surface area contributed by atoms with Crippen LogP contribution in [0.2, 0.25) is 0 Å². The van der Waals surface area contributed by atoms with Gasteiger partial charge in [-0.15, -0.1) is 0 Å². The number of nitrogens with zero attached hydrogens (tertiary/aromatic N) is 3. The van der Waals surface area contributed by atoms with Gasteiger partial charge in [-0.1, -0.05) is 0 Å². The highest BCUT2D eigenvalue weighted by molar-refractivity contribution is 5.27. The fourth-order valence-electron chi connectivity index (χ4n) is 1.30. The molecule has 0 amide bonds. The predicted octanol–water partition coefficient (Wildman–Crippen LogP) is 0.172. The highest BCUT2D eigenvalue weighted by Gasteiger charge is 2.15. The minimum absolute atomic E-state index is 0.248. The number of hydrogen-bond donors (Lipinski definition) is 1. The maximum Gasteiger partial charge on any atom is 0.354 e. The van der Waals surface area contributed by atoms with Crippen LogP contribution in [0, 0.1) is 0 Å². The van der Waals surface area contributed by atoms with Crippen molar-refractivity contribution in [3.63, 3.8) is 0 Å². The Kier molecular flexibility index (Phi) is 3.21. The van der Waals surface area contributed by atoms with Gasteiger partial charge in [0.05, 0.1) is 0 Å².